The fourth-order valence-corrected chi connectivity index (χ4v) is 5.52. The smallest absolute Gasteiger partial charge is 0.243 e. The molecule has 1 aromatic heterocycles. The number of hydrogen-bond donors (Lipinski definition) is 0. The molecule has 164 valence electrons. The van der Waals surface area contributed by atoms with E-state index in [0.717, 1.165) is 23.4 Å². The van der Waals surface area contributed by atoms with Gasteiger partial charge in [-0.3, -0.25) is 14.5 Å². The highest BCUT2D eigenvalue weighted by Gasteiger charge is 2.33. The van der Waals surface area contributed by atoms with E-state index in [1.54, 1.807) is 6.07 Å². The van der Waals surface area contributed by atoms with Gasteiger partial charge < -0.3 is 4.74 Å². The highest BCUT2D eigenvalue weighted by molar-refractivity contribution is 7.89. The van der Waals surface area contributed by atoms with E-state index in [1.165, 1.54) is 28.6 Å². The normalized spacial score (nSPS) is 20.3. The Bertz CT molecular complexity index is 1070. The van der Waals surface area contributed by atoms with Crippen LogP contribution in [0, 0.1) is 12.8 Å². The largest absolute Gasteiger partial charge is 0.477 e. The van der Waals surface area contributed by atoms with Crippen molar-refractivity contribution in [1.82, 2.24) is 9.29 Å². The van der Waals surface area contributed by atoms with Crippen LogP contribution in [0.4, 0.5) is 5.69 Å². The molecule has 31 heavy (non-hydrogen) atoms. The standard InChI is InChI=1S/C22H25N3O5S/c1-16-4-2-6-20(23-16)30-15-17-5-3-13-24(14-17)31(28,29)19-9-7-18(8-10-19)25-21(26)11-12-22(25)27/h2,4,6-10,17H,3,5,11-15H2,1H3. The Hall–Kier alpha value is -2.78. The Labute approximate surface area is 181 Å². The van der Waals surface area contributed by atoms with Gasteiger partial charge in [-0.1, -0.05) is 6.07 Å². The fraction of sp³-hybridized carbons (Fsp3) is 0.409. The molecule has 2 fully saturated rings. The molecule has 0 radical (unpaired) electrons. The molecule has 2 aliphatic heterocycles. The quantitative estimate of drug-likeness (QED) is 0.637. The van der Waals surface area contributed by atoms with Crippen molar-refractivity contribution in [3.05, 3.63) is 48.2 Å². The third-order valence-corrected chi connectivity index (χ3v) is 7.48. The van der Waals surface area contributed by atoms with Crippen LogP contribution in [-0.2, 0) is 19.6 Å². The Morgan fingerprint density at radius 3 is 2.45 bits per heavy atom. The highest BCUT2D eigenvalue weighted by Crippen LogP contribution is 2.27. The van der Waals surface area contributed by atoms with E-state index in [-0.39, 0.29) is 35.5 Å². The minimum atomic E-state index is -3.68. The van der Waals surface area contributed by atoms with Crippen molar-refractivity contribution < 1.29 is 22.7 Å². The summed E-state index contributed by atoms with van der Waals surface area (Å²) in [5, 5.41) is 0. The van der Waals surface area contributed by atoms with Gasteiger partial charge in [0.1, 0.15) is 0 Å². The van der Waals surface area contributed by atoms with Crippen molar-refractivity contribution >= 4 is 27.5 Å². The zero-order valence-electron chi connectivity index (χ0n) is 17.4. The van der Waals surface area contributed by atoms with E-state index in [4.69, 9.17) is 4.74 Å². The number of carbonyl (C=O) groups is 2. The molecule has 2 aliphatic rings. The number of aromatic nitrogens is 1. The minimum absolute atomic E-state index is 0.0740. The summed E-state index contributed by atoms with van der Waals surface area (Å²) in [5.41, 5.74) is 1.27. The maximum atomic E-state index is 13.1. The number of aryl methyl sites for hydroxylation is 1. The van der Waals surface area contributed by atoms with Crippen LogP contribution in [0.5, 0.6) is 5.88 Å². The number of pyridine rings is 1. The summed E-state index contributed by atoms with van der Waals surface area (Å²) in [6.45, 7) is 3.12. The zero-order chi connectivity index (χ0) is 22.0. The summed E-state index contributed by atoms with van der Waals surface area (Å²) in [7, 11) is -3.68. The molecule has 3 heterocycles. The lowest BCUT2D eigenvalue weighted by Gasteiger charge is -2.31. The van der Waals surface area contributed by atoms with E-state index in [1.807, 2.05) is 19.1 Å². The molecule has 4 rings (SSSR count). The van der Waals surface area contributed by atoms with Crippen LogP contribution in [0.15, 0.2) is 47.4 Å². The highest BCUT2D eigenvalue weighted by atomic mass is 32.2. The monoisotopic (exact) mass is 443 g/mol. The fourth-order valence-electron chi connectivity index (χ4n) is 3.96. The molecule has 1 atom stereocenters. The van der Waals surface area contributed by atoms with Crippen molar-refractivity contribution in [2.45, 2.75) is 37.5 Å². The lowest BCUT2D eigenvalue weighted by molar-refractivity contribution is -0.121. The topological polar surface area (TPSA) is 96.9 Å². The first-order chi connectivity index (χ1) is 14.8. The molecule has 2 saturated heterocycles. The predicted octanol–water partition coefficient (Wildman–Crippen LogP) is 2.52. The summed E-state index contributed by atoms with van der Waals surface area (Å²) in [5.74, 6) is 0.0942. The lowest BCUT2D eigenvalue weighted by Crippen LogP contribution is -2.41. The van der Waals surface area contributed by atoms with Gasteiger partial charge in [-0.05, 0) is 50.1 Å². The molecule has 0 bridgehead atoms. The van der Waals surface area contributed by atoms with Gasteiger partial charge in [0, 0.05) is 43.6 Å². The van der Waals surface area contributed by atoms with Crippen molar-refractivity contribution in [3.63, 3.8) is 0 Å². The van der Waals surface area contributed by atoms with Gasteiger partial charge in [-0.15, -0.1) is 0 Å². The van der Waals surface area contributed by atoms with Crippen LogP contribution in [0.25, 0.3) is 0 Å². The van der Waals surface area contributed by atoms with Crippen LogP contribution in [0.2, 0.25) is 0 Å². The molecule has 0 aliphatic carbocycles. The number of ether oxygens (including phenoxy) is 1. The molecular weight excluding hydrogens is 418 g/mol. The maximum absolute atomic E-state index is 13.1. The predicted molar refractivity (Wildman–Crippen MR) is 114 cm³/mol. The first-order valence-corrected chi connectivity index (χ1v) is 11.8. The van der Waals surface area contributed by atoms with Crippen molar-refractivity contribution in [2.75, 3.05) is 24.6 Å². The molecule has 8 nitrogen and oxygen atoms in total. The molecule has 0 saturated carbocycles. The van der Waals surface area contributed by atoms with Crippen LogP contribution < -0.4 is 9.64 Å². The molecule has 0 spiro atoms. The van der Waals surface area contributed by atoms with Gasteiger partial charge in [-0.2, -0.15) is 4.31 Å². The number of carbonyl (C=O) groups excluding carboxylic acids is 2. The summed E-state index contributed by atoms with van der Waals surface area (Å²) >= 11 is 0. The Morgan fingerprint density at radius 2 is 1.77 bits per heavy atom. The maximum Gasteiger partial charge on any atom is 0.243 e. The first kappa shape index (κ1) is 21.5. The van der Waals surface area contributed by atoms with Crippen molar-refractivity contribution in [2.24, 2.45) is 5.92 Å². The summed E-state index contributed by atoms with van der Waals surface area (Å²) in [4.78, 5) is 29.4. The minimum Gasteiger partial charge on any atom is -0.477 e. The summed E-state index contributed by atoms with van der Waals surface area (Å²) in [6.07, 6.45) is 2.02. The van der Waals surface area contributed by atoms with E-state index < -0.39 is 10.0 Å². The average Bonchev–Trinajstić information content (AvgIpc) is 3.10. The number of piperidine rings is 1. The van der Waals surface area contributed by atoms with Crippen molar-refractivity contribution in [3.8, 4) is 5.88 Å². The lowest BCUT2D eigenvalue weighted by atomic mass is 10.0. The Kier molecular flexibility index (Phi) is 6.06. The number of nitrogens with zero attached hydrogens (tertiary/aromatic N) is 3. The van der Waals surface area contributed by atoms with Gasteiger partial charge >= 0.3 is 0 Å². The number of rotatable bonds is 6. The van der Waals surface area contributed by atoms with Gasteiger partial charge in [0.15, 0.2) is 0 Å². The van der Waals surface area contributed by atoms with Crippen LogP contribution in [0.3, 0.4) is 0 Å². The molecular formula is C22H25N3O5S. The van der Waals surface area contributed by atoms with E-state index in [2.05, 4.69) is 4.98 Å². The second kappa shape index (κ2) is 8.76. The van der Waals surface area contributed by atoms with Gasteiger partial charge in [-0.25, -0.2) is 13.4 Å². The average molecular weight is 444 g/mol. The number of benzene rings is 1. The first-order valence-electron chi connectivity index (χ1n) is 10.4. The molecule has 2 amide bonds. The van der Waals surface area contributed by atoms with E-state index in [9.17, 15) is 18.0 Å². The third-order valence-electron chi connectivity index (χ3n) is 5.60. The zero-order valence-corrected chi connectivity index (χ0v) is 18.2. The molecule has 0 N–H and O–H groups in total. The van der Waals surface area contributed by atoms with E-state index >= 15 is 0 Å². The van der Waals surface area contributed by atoms with E-state index in [0.29, 0.717) is 31.3 Å². The van der Waals surface area contributed by atoms with Gasteiger partial charge in [0.2, 0.25) is 27.7 Å². The number of anilines is 1. The summed E-state index contributed by atoms with van der Waals surface area (Å²) in [6, 6.07) is 11.5. The number of amides is 2. The number of hydrogen-bond acceptors (Lipinski definition) is 6. The summed E-state index contributed by atoms with van der Waals surface area (Å²) < 4.78 is 33.5. The molecule has 1 aromatic carbocycles. The number of imide groups is 1. The third kappa shape index (κ3) is 4.62. The SMILES string of the molecule is Cc1cccc(OCC2CCCN(S(=O)(=O)c3ccc(N4C(=O)CCC4=O)cc3)C2)n1. The Morgan fingerprint density at radius 1 is 1.06 bits per heavy atom. The van der Waals surface area contributed by atoms with Crippen molar-refractivity contribution in [1.29, 1.82) is 0 Å². The molecule has 1 unspecified atom stereocenters. The van der Waals surface area contributed by atoms with Gasteiger partial charge in [0.05, 0.1) is 17.2 Å². The second-order valence-electron chi connectivity index (χ2n) is 7.92. The Balaban J connectivity index is 1.43. The molecule has 9 heteroatoms. The molecule has 2 aromatic rings. The second-order valence-corrected chi connectivity index (χ2v) is 9.85. The van der Waals surface area contributed by atoms with Crippen LogP contribution >= 0.6 is 0 Å². The van der Waals surface area contributed by atoms with Gasteiger partial charge in [0.25, 0.3) is 0 Å². The van der Waals surface area contributed by atoms with Crippen LogP contribution in [-0.4, -0.2) is 49.2 Å². The number of sulfonamides is 1. The van der Waals surface area contributed by atoms with Crippen LogP contribution in [0.1, 0.15) is 31.4 Å².